The van der Waals surface area contributed by atoms with E-state index in [0.29, 0.717) is 6.54 Å². The van der Waals surface area contributed by atoms with E-state index >= 15 is 0 Å². The first-order valence-electron chi connectivity index (χ1n) is 10.5. The predicted molar refractivity (Wildman–Crippen MR) is 134 cm³/mol. The molecule has 5 rings (SSSR count). The Hall–Kier alpha value is -3.96. The Morgan fingerprint density at radius 1 is 0.812 bits per heavy atom. The normalized spacial score (nSPS) is 11.1. The van der Waals surface area contributed by atoms with Gasteiger partial charge in [0, 0.05) is 17.3 Å². The highest BCUT2D eigenvalue weighted by molar-refractivity contribution is 7.12. The van der Waals surface area contributed by atoms with Gasteiger partial charge in [-0.3, -0.25) is 5.01 Å². The van der Waals surface area contributed by atoms with Crippen LogP contribution < -0.4 is 5.01 Å². The molecule has 0 saturated heterocycles. The highest BCUT2D eigenvalue weighted by atomic mass is 32.1. The third kappa shape index (κ3) is 4.53. The summed E-state index contributed by atoms with van der Waals surface area (Å²) in [6, 6.07) is 35.0. The molecule has 156 valence electrons. The smallest absolute Gasteiger partial charge is 0.117 e. The molecule has 0 aliphatic carbocycles. The van der Waals surface area contributed by atoms with E-state index in [1.165, 1.54) is 5.56 Å². The zero-order valence-electron chi connectivity index (χ0n) is 17.5. The molecular formula is C27H22N4S. The molecule has 2 heterocycles. The van der Waals surface area contributed by atoms with Crippen molar-refractivity contribution in [2.24, 2.45) is 5.10 Å². The minimum Gasteiger partial charge on any atom is -0.261 e. The number of thiophene rings is 1. The average molecular weight is 435 g/mol. The van der Waals surface area contributed by atoms with Crippen molar-refractivity contribution in [3.05, 3.63) is 126 Å². The monoisotopic (exact) mass is 434 g/mol. The Bertz CT molecular complexity index is 1280. The number of aromatic nitrogens is 2. The first-order valence-corrected chi connectivity index (χ1v) is 11.3. The lowest BCUT2D eigenvalue weighted by Crippen LogP contribution is -2.16. The van der Waals surface area contributed by atoms with E-state index in [9.17, 15) is 0 Å². The maximum absolute atomic E-state index is 4.90. The summed E-state index contributed by atoms with van der Waals surface area (Å²) in [6.45, 7) is 0.682. The fourth-order valence-electron chi connectivity index (χ4n) is 3.50. The third-order valence-electron chi connectivity index (χ3n) is 5.09. The van der Waals surface area contributed by atoms with Crippen LogP contribution in [0.2, 0.25) is 0 Å². The van der Waals surface area contributed by atoms with Crippen molar-refractivity contribution in [3.63, 3.8) is 0 Å². The summed E-state index contributed by atoms with van der Waals surface area (Å²) >= 11 is 1.66. The van der Waals surface area contributed by atoms with Crippen LogP contribution in [0.25, 0.3) is 16.3 Å². The van der Waals surface area contributed by atoms with Gasteiger partial charge in [-0.15, -0.1) is 11.3 Å². The SMILES string of the molecule is C(=NN(Cc1ccccc1)c1ccccc1)c1cn(-c2cccs2)nc1-c1ccccc1. The van der Waals surface area contributed by atoms with E-state index in [0.717, 1.165) is 27.5 Å². The van der Waals surface area contributed by atoms with Crippen LogP contribution in [0, 0.1) is 0 Å². The van der Waals surface area contributed by atoms with Gasteiger partial charge in [0.2, 0.25) is 0 Å². The van der Waals surface area contributed by atoms with Crippen LogP contribution in [0.15, 0.2) is 120 Å². The highest BCUT2D eigenvalue weighted by Gasteiger charge is 2.12. The summed E-state index contributed by atoms with van der Waals surface area (Å²) in [5, 5.41) is 14.9. The molecule has 0 spiro atoms. The van der Waals surface area contributed by atoms with Gasteiger partial charge in [-0.1, -0.05) is 78.9 Å². The molecule has 5 heteroatoms. The van der Waals surface area contributed by atoms with Crippen LogP contribution in [-0.4, -0.2) is 16.0 Å². The van der Waals surface area contributed by atoms with E-state index in [2.05, 4.69) is 60.0 Å². The van der Waals surface area contributed by atoms with Crippen molar-refractivity contribution < 1.29 is 0 Å². The molecule has 5 aromatic rings. The van der Waals surface area contributed by atoms with Gasteiger partial charge in [-0.2, -0.15) is 10.2 Å². The summed E-state index contributed by atoms with van der Waals surface area (Å²) in [5.41, 5.74) is 5.19. The second-order valence-electron chi connectivity index (χ2n) is 7.32. The van der Waals surface area contributed by atoms with Crippen molar-refractivity contribution in [2.45, 2.75) is 6.54 Å². The fraction of sp³-hybridized carbons (Fsp3) is 0.0370. The molecule has 32 heavy (non-hydrogen) atoms. The van der Waals surface area contributed by atoms with Crippen LogP contribution in [0.1, 0.15) is 11.1 Å². The number of hydrogen-bond donors (Lipinski definition) is 0. The Kier molecular flexibility index (Phi) is 5.90. The van der Waals surface area contributed by atoms with Crippen molar-refractivity contribution in [3.8, 4) is 16.3 Å². The summed E-state index contributed by atoms with van der Waals surface area (Å²) in [4.78, 5) is 0. The van der Waals surface area contributed by atoms with Crippen LogP contribution in [0.3, 0.4) is 0 Å². The number of hydrogen-bond acceptors (Lipinski definition) is 4. The topological polar surface area (TPSA) is 33.4 Å². The standard InChI is InChI=1S/C27H22N4S/c1-4-11-22(12-5-1)20-30(25-15-8-3-9-16-25)28-19-24-21-31(26-17-10-18-32-26)29-27(24)23-13-6-2-7-14-23/h1-19,21H,20H2. The zero-order chi connectivity index (χ0) is 21.6. The fourth-order valence-corrected chi connectivity index (χ4v) is 4.16. The van der Waals surface area contributed by atoms with Crippen molar-refractivity contribution in [1.29, 1.82) is 0 Å². The molecule has 0 radical (unpaired) electrons. The summed E-state index contributed by atoms with van der Waals surface area (Å²) < 4.78 is 1.93. The van der Waals surface area contributed by atoms with Crippen LogP contribution in [-0.2, 0) is 6.54 Å². The molecule has 2 aromatic heterocycles. The minimum atomic E-state index is 0.682. The van der Waals surface area contributed by atoms with Gasteiger partial charge in [-0.05, 0) is 35.2 Å². The van der Waals surface area contributed by atoms with E-state index in [-0.39, 0.29) is 0 Å². The number of anilines is 1. The van der Waals surface area contributed by atoms with Crippen molar-refractivity contribution >= 4 is 23.2 Å². The van der Waals surface area contributed by atoms with Gasteiger partial charge in [0.1, 0.15) is 10.7 Å². The molecule has 0 amide bonds. The van der Waals surface area contributed by atoms with Gasteiger partial charge in [-0.25, -0.2) is 4.68 Å². The van der Waals surface area contributed by atoms with E-state index < -0.39 is 0 Å². The number of hydrazone groups is 1. The maximum Gasteiger partial charge on any atom is 0.117 e. The summed E-state index contributed by atoms with van der Waals surface area (Å²) in [7, 11) is 0. The Labute approximate surface area is 191 Å². The molecule has 0 fully saturated rings. The predicted octanol–water partition coefficient (Wildman–Crippen LogP) is 6.64. The average Bonchev–Trinajstić information content (AvgIpc) is 3.54. The van der Waals surface area contributed by atoms with Gasteiger partial charge < -0.3 is 0 Å². The second kappa shape index (κ2) is 9.45. The van der Waals surface area contributed by atoms with Gasteiger partial charge in [0.25, 0.3) is 0 Å². The number of para-hydroxylation sites is 1. The number of rotatable bonds is 7. The molecule has 4 nitrogen and oxygen atoms in total. The third-order valence-corrected chi connectivity index (χ3v) is 5.95. The first-order chi connectivity index (χ1) is 15.9. The summed E-state index contributed by atoms with van der Waals surface area (Å²) in [6.07, 6.45) is 3.96. The molecule has 0 bridgehead atoms. The molecule has 3 aromatic carbocycles. The van der Waals surface area contributed by atoms with Crippen molar-refractivity contribution in [1.82, 2.24) is 9.78 Å². The Balaban J connectivity index is 1.53. The Morgan fingerprint density at radius 2 is 1.50 bits per heavy atom. The van der Waals surface area contributed by atoms with Gasteiger partial charge in [0.15, 0.2) is 0 Å². The van der Waals surface area contributed by atoms with E-state index in [4.69, 9.17) is 10.2 Å². The molecule has 0 N–H and O–H groups in total. The van der Waals surface area contributed by atoms with Crippen LogP contribution in [0.4, 0.5) is 5.69 Å². The lowest BCUT2D eigenvalue weighted by Gasteiger charge is -2.19. The molecule has 0 saturated carbocycles. The van der Waals surface area contributed by atoms with Gasteiger partial charge >= 0.3 is 0 Å². The summed E-state index contributed by atoms with van der Waals surface area (Å²) in [5.74, 6) is 0. The molecule has 0 aliphatic rings. The van der Waals surface area contributed by atoms with Crippen molar-refractivity contribution in [2.75, 3.05) is 5.01 Å². The second-order valence-corrected chi connectivity index (χ2v) is 8.24. The molecule has 0 unspecified atom stereocenters. The first kappa shape index (κ1) is 20.0. The maximum atomic E-state index is 4.90. The largest absolute Gasteiger partial charge is 0.261 e. The molecule has 0 aliphatic heterocycles. The van der Waals surface area contributed by atoms with E-state index in [1.54, 1.807) is 11.3 Å². The zero-order valence-corrected chi connectivity index (χ0v) is 18.3. The molecule has 0 atom stereocenters. The van der Waals surface area contributed by atoms with Crippen LogP contribution in [0.5, 0.6) is 0 Å². The number of benzene rings is 3. The Morgan fingerprint density at radius 3 is 2.19 bits per heavy atom. The number of nitrogens with zero attached hydrogens (tertiary/aromatic N) is 4. The lowest BCUT2D eigenvalue weighted by molar-refractivity contribution is 0.858. The lowest BCUT2D eigenvalue weighted by atomic mass is 10.1. The van der Waals surface area contributed by atoms with E-state index in [1.807, 2.05) is 70.6 Å². The van der Waals surface area contributed by atoms with Crippen LogP contribution >= 0.6 is 11.3 Å². The minimum absolute atomic E-state index is 0.682. The molecular weight excluding hydrogens is 412 g/mol. The highest BCUT2D eigenvalue weighted by Crippen LogP contribution is 2.25. The quantitative estimate of drug-likeness (QED) is 0.212. The van der Waals surface area contributed by atoms with Gasteiger partial charge in [0.05, 0.1) is 18.4 Å².